The lowest BCUT2D eigenvalue weighted by Gasteiger charge is -2.00. The van der Waals surface area contributed by atoms with Crippen molar-refractivity contribution in [1.82, 2.24) is 5.32 Å². The fourth-order valence-electron chi connectivity index (χ4n) is 1.27. The summed E-state index contributed by atoms with van der Waals surface area (Å²) in [5.74, 6) is 1.75. The molecule has 0 saturated carbocycles. The van der Waals surface area contributed by atoms with E-state index >= 15 is 0 Å². The molecule has 0 aromatic carbocycles. The molecule has 0 amide bonds. The average molecular weight is 259 g/mol. The molecule has 1 heterocycles. The second-order valence-electron chi connectivity index (χ2n) is 3.42. The van der Waals surface area contributed by atoms with Gasteiger partial charge in [0.25, 0.3) is 5.76 Å². The molecule has 0 aliphatic carbocycles. The largest absolute Gasteiger partial charge is 0.464 e. The minimum Gasteiger partial charge on any atom is -0.464 e. The summed E-state index contributed by atoms with van der Waals surface area (Å²) in [5.41, 5.74) is 0. The van der Waals surface area contributed by atoms with Crippen LogP contribution in [0.3, 0.4) is 0 Å². The highest BCUT2D eigenvalue weighted by Gasteiger charge is 2.06. The van der Waals surface area contributed by atoms with Crippen molar-refractivity contribution in [2.75, 3.05) is 6.54 Å². The summed E-state index contributed by atoms with van der Waals surface area (Å²) in [5, 5.41) is 3.17. The highest BCUT2D eigenvalue weighted by atomic mass is 32.2. The molecule has 0 aliphatic heterocycles. The Balaban J connectivity index is 2.19. The van der Waals surface area contributed by atoms with Gasteiger partial charge < -0.3 is 9.73 Å². The lowest BCUT2D eigenvalue weighted by molar-refractivity contribution is 0.251. The van der Waals surface area contributed by atoms with Crippen molar-refractivity contribution in [3.63, 3.8) is 0 Å². The van der Waals surface area contributed by atoms with Crippen molar-refractivity contribution < 1.29 is 13.2 Å². The van der Waals surface area contributed by atoms with Crippen molar-refractivity contribution >= 4 is 11.8 Å². The Morgan fingerprint density at radius 3 is 2.88 bits per heavy atom. The van der Waals surface area contributed by atoms with Gasteiger partial charge >= 0.3 is 0 Å². The molecule has 0 spiro atoms. The van der Waals surface area contributed by atoms with Gasteiger partial charge in [-0.15, -0.1) is 12.3 Å². The van der Waals surface area contributed by atoms with Crippen molar-refractivity contribution in [2.24, 2.45) is 0 Å². The third kappa shape index (κ3) is 6.35. The maximum atomic E-state index is 11.9. The molecule has 0 saturated heterocycles. The minimum atomic E-state index is -2.36. The van der Waals surface area contributed by atoms with Crippen LogP contribution < -0.4 is 5.32 Å². The van der Waals surface area contributed by atoms with E-state index in [-0.39, 0.29) is 5.75 Å². The van der Waals surface area contributed by atoms with Gasteiger partial charge in [0.2, 0.25) is 0 Å². The highest BCUT2D eigenvalue weighted by molar-refractivity contribution is 7.98. The zero-order valence-electron chi connectivity index (χ0n) is 9.42. The van der Waals surface area contributed by atoms with E-state index in [1.54, 1.807) is 12.1 Å². The normalized spacial score (nSPS) is 10.7. The lowest BCUT2D eigenvalue weighted by Crippen LogP contribution is -2.13. The Labute approximate surface area is 104 Å². The molecule has 1 aromatic heterocycles. The van der Waals surface area contributed by atoms with Gasteiger partial charge in [0.15, 0.2) is 0 Å². The molecule has 0 unspecified atom stereocenters. The number of terminal acetylenes is 1. The number of rotatable bonds is 8. The number of furan rings is 1. The Morgan fingerprint density at radius 1 is 1.41 bits per heavy atom. The van der Waals surface area contributed by atoms with Gasteiger partial charge in [0, 0.05) is 6.42 Å². The molecule has 2 nitrogen and oxygen atoms in total. The second-order valence-corrected chi connectivity index (χ2v) is 4.40. The van der Waals surface area contributed by atoms with Crippen molar-refractivity contribution in [2.45, 2.75) is 30.9 Å². The molecular formula is C12H15F2NOS. The Kier molecular flexibility index (Phi) is 6.75. The molecule has 0 fully saturated rings. The van der Waals surface area contributed by atoms with Crippen molar-refractivity contribution in [3.8, 4) is 12.3 Å². The number of alkyl halides is 2. The standard InChI is InChI=1S/C12H15F2NOS/c1-2-3-4-7-15-8-10-5-6-11(16-10)9-17-12(13)14/h1,5-6,12,15H,3-4,7-9H2. The first-order chi connectivity index (χ1) is 8.22. The summed E-state index contributed by atoms with van der Waals surface area (Å²) < 4.78 is 29.3. The number of hydrogen-bond acceptors (Lipinski definition) is 3. The smallest absolute Gasteiger partial charge is 0.284 e. The van der Waals surface area contributed by atoms with Crippen LogP contribution >= 0.6 is 11.8 Å². The highest BCUT2D eigenvalue weighted by Crippen LogP contribution is 2.21. The number of halogens is 2. The predicted octanol–water partition coefficient (Wildman–Crippen LogP) is 3.24. The van der Waals surface area contributed by atoms with Crippen LogP contribution in [0.15, 0.2) is 16.5 Å². The third-order valence-electron chi connectivity index (χ3n) is 2.04. The maximum absolute atomic E-state index is 11.9. The van der Waals surface area contributed by atoms with Gasteiger partial charge in [0.05, 0.1) is 12.3 Å². The number of thioether (sulfide) groups is 1. The summed E-state index contributed by atoms with van der Waals surface area (Å²) in [6.07, 6.45) is 6.80. The number of unbranched alkanes of at least 4 members (excludes halogenated alkanes) is 1. The SMILES string of the molecule is C#CCCCNCc1ccc(CSC(F)F)o1. The average Bonchev–Trinajstić information content (AvgIpc) is 2.74. The van der Waals surface area contributed by atoms with E-state index < -0.39 is 5.76 Å². The molecule has 0 atom stereocenters. The number of hydrogen-bond donors (Lipinski definition) is 1. The summed E-state index contributed by atoms with van der Waals surface area (Å²) in [6.45, 7) is 1.43. The molecule has 0 radical (unpaired) electrons. The first-order valence-electron chi connectivity index (χ1n) is 5.34. The van der Waals surface area contributed by atoms with Gasteiger partial charge in [-0.1, -0.05) is 11.8 Å². The van der Waals surface area contributed by atoms with Crippen LogP contribution in [0.2, 0.25) is 0 Å². The van der Waals surface area contributed by atoms with Crippen LogP contribution in [0.1, 0.15) is 24.4 Å². The van der Waals surface area contributed by atoms with Crippen LogP contribution in [0.5, 0.6) is 0 Å². The first-order valence-corrected chi connectivity index (χ1v) is 6.38. The van der Waals surface area contributed by atoms with E-state index in [1.807, 2.05) is 0 Å². The Morgan fingerprint density at radius 2 is 2.18 bits per heavy atom. The number of nitrogens with one attached hydrogen (secondary N) is 1. The van der Waals surface area contributed by atoms with Crippen LogP contribution in [-0.4, -0.2) is 12.3 Å². The molecule has 5 heteroatoms. The molecule has 1 aromatic rings. The minimum absolute atomic E-state index is 0.203. The second kappa shape index (κ2) is 8.15. The summed E-state index contributed by atoms with van der Waals surface area (Å²) in [7, 11) is 0. The van der Waals surface area contributed by atoms with Crippen LogP contribution in [0.25, 0.3) is 0 Å². The van der Waals surface area contributed by atoms with Gasteiger partial charge in [-0.2, -0.15) is 8.78 Å². The fourth-order valence-corrected chi connectivity index (χ4v) is 1.71. The molecule has 1 rings (SSSR count). The molecule has 0 aliphatic rings. The van der Waals surface area contributed by atoms with Gasteiger partial charge in [-0.3, -0.25) is 0 Å². The van der Waals surface area contributed by atoms with E-state index in [4.69, 9.17) is 10.8 Å². The lowest BCUT2D eigenvalue weighted by atomic mass is 10.3. The van der Waals surface area contributed by atoms with Crippen LogP contribution in [-0.2, 0) is 12.3 Å². The summed E-state index contributed by atoms with van der Waals surface area (Å²) in [6, 6.07) is 3.53. The molecule has 0 bridgehead atoms. The Bertz CT molecular complexity index is 360. The van der Waals surface area contributed by atoms with Gasteiger partial charge in [-0.05, 0) is 25.1 Å². The maximum Gasteiger partial charge on any atom is 0.284 e. The van der Waals surface area contributed by atoms with Gasteiger partial charge in [0.1, 0.15) is 11.5 Å². The zero-order chi connectivity index (χ0) is 12.5. The topological polar surface area (TPSA) is 25.2 Å². The quantitative estimate of drug-likeness (QED) is 0.573. The van der Waals surface area contributed by atoms with E-state index in [0.717, 1.165) is 25.1 Å². The van der Waals surface area contributed by atoms with E-state index in [2.05, 4.69) is 11.2 Å². The van der Waals surface area contributed by atoms with Crippen LogP contribution in [0, 0.1) is 12.3 Å². The zero-order valence-corrected chi connectivity index (χ0v) is 10.2. The summed E-state index contributed by atoms with van der Waals surface area (Å²) in [4.78, 5) is 0. The van der Waals surface area contributed by atoms with Gasteiger partial charge in [-0.25, -0.2) is 0 Å². The van der Waals surface area contributed by atoms with Crippen LogP contribution in [0.4, 0.5) is 8.78 Å². The predicted molar refractivity (Wildman–Crippen MR) is 65.8 cm³/mol. The fraction of sp³-hybridized carbons (Fsp3) is 0.500. The Hall–Kier alpha value is -0.990. The summed E-state index contributed by atoms with van der Waals surface area (Å²) >= 11 is 0.563. The third-order valence-corrected chi connectivity index (χ3v) is 2.75. The monoisotopic (exact) mass is 259 g/mol. The molecular weight excluding hydrogens is 244 g/mol. The molecule has 17 heavy (non-hydrogen) atoms. The van der Waals surface area contributed by atoms with E-state index in [9.17, 15) is 8.78 Å². The molecule has 1 N–H and O–H groups in total. The van der Waals surface area contributed by atoms with E-state index in [1.165, 1.54) is 0 Å². The van der Waals surface area contributed by atoms with Crippen molar-refractivity contribution in [3.05, 3.63) is 23.7 Å². The van der Waals surface area contributed by atoms with E-state index in [0.29, 0.717) is 24.1 Å². The van der Waals surface area contributed by atoms with Crippen molar-refractivity contribution in [1.29, 1.82) is 0 Å². The molecule has 94 valence electrons. The first kappa shape index (κ1) is 14.1.